The van der Waals surface area contributed by atoms with Gasteiger partial charge in [-0.2, -0.15) is 0 Å². The third kappa shape index (κ3) is 5.01. The molecule has 2 N–H and O–H groups in total. The maximum atomic E-state index is 13.8. The van der Waals surface area contributed by atoms with Crippen molar-refractivity contribution in [1.29, 1.82) is 0 Å². The maximum absolute atomic E-state index is 13.8. The smallest absolute Gasteiger partial charge is 0.408 e. The van der Waals surface area contributed by atoms with Gasteiger partial charge in [0.1, 0.15) is 0 Å². The number of hydrogen-bond donors (Lipinski definition) is 2. The lowest BCUT2D eigenvalue weighted by Crippen LogP contribution is -2.33. The van der Waals surface area contributed by atoms with E-state index in [4.69, 9.17) is 16.3 Å². The molecule has 1 heterocycles. The number of nitrogens with zero attached hydrogens (tertiary/aromatic N) is 1. The number of carbonyl (C=O) groups is 1. The third-order valence-electron chi connectivity index (χ3n) is 6.45. The van der Waals surface area contributed by atoms with Gasteiger partial charge in [-0.3, -0.25) is 9.36 Å². The van der Waals surface area contributed by atoms with E-state index in [1.807, 2.05) is 67.6 Å². The molecule has 1 fully saturated rings. The number of pyridine rings is 1. The Labute approximate surface area is 214 Å². The van der Waals surface area contributed by atoms with Gasteiger partial charge in [-0.05, 0) is 43.0 Å². The van der Waals surface area contributed by atoms with Crippen molar-refractivity contribution in [2.24, 2.45) is 0 Å². The summed E-state index contributed by atoms with van der Waals surface area (Å²) in [5.74, 6) is 0.324. The monoisotopic (exact) mass is 501 g/mol. The molecule has 1 amide bonds. The average Bonchev–Trinajstić information content (AvgIpc) is 3.73. The summed E-state index contributed by atoms with van der Waals surface area (Å²) in [6.07, 6.45) is 2.28. The molecule has 0 saturated heterocycles. The SMILES string of the molecule is CC[C@H](NC(=O)Oc1c(CNC2CC2)n(-c2ccccc2)c(=O)c2c(Cl)cccc12)c1ccccc1. The van der Waals surface area contributed by atoms with Gasteiger partial charge >= 0.3 is 6.09 Å². The Balaban J connectivity index is 1.62. The predicted molar refractivity (Wildman–Crippen MR) is 143 cm³/mol. The molecule has 1 aliphatic carbocycles. The van der Waals surface area contributed by atoms with E-state index in [1.54, 1.807) is 22.8 Å². The van der Waals surface area contributed by atoms with E-state index in [0.717, 1.165) is 18.4 Å². The molecule has 5 rings (SSSR count). The molecule has 1 aromatic heterocycles. The van der Waals surface area contributed by atoms with Gasteiger partial charge < -0.3 is 15.4 Å². The molecule has 0 bridgehead atoms. The number of halogens is 1. The van der Waals surface area contributed by atoms with E-state index in [9.17, 15) is 9.59 Å². The predicted octanol–water partition coefficient (Wildman–Crippen LogP) is 6.14. The molecule has 36 heavy (non-hydrogen) atoms. The molecule has 1 atom stereocenters. The molecule has 0 radical (unpaired) electrons. The van der Waals surface area contributed by atoms with Gasteiger partial charge in [0.05, 0.1) is 22.1 Å². The highest BCUT2D eigenvalue weighted by molar-refractivity contribution is 6.35. The summed E-state index contributed by atoms with van der Waals surface area (Å²) in [6, 6.07) is 24.5. The fourth-order valence-electron chi connectivity index (χ4n) is 4.44. The minimum atomic E-state index is -0.585. The van der Waals surface area contributed by atoms with Crippen LogP contribution in [0.4, 0.5) is 4.79 Å². The van der Waals surface area contributed by atoms with E-state index < -0.39 is 6.09 Å². The number of hydrogen-bond acceptors (Lipinski definition) is 4. The van der Waals surface area contributed by atoms with Gasteiger partial charge in [-0.1, -0.05) is 79.2 Å². The second-order valence-electron chi connectivity index (χ2n) is 8.97. The fraction of sp³-hybridized carbons (Fsp3) is 0.241. The zero-order chi connectivity index (χ0) is 25.1. The summed E-state index contributed by atoms with van der Waals surface area (Å²) in [5.41, 5.74) is 2.00. The van der Waals surface area contributed by atoms with Crippen LogP contribution in [0.5, 0.6) is 5.75 Å². The van der Waals surface area contributed by atoms with Gasteiger partial charge in [0, 0.05) is 23.7 Å². The summed E-state index contributed by atoms with van der Waals surface area (Å²) >= 11 is 6.52. The number of carbonyl (C=O) groups excluding carboxylic acids is 1. The van der Waals surface area contributed by atoms with Crippen molar-refractivity contribution in [3.8, 4) is 11.4 Å². The fourth-order valence-corrected chi connectivity index (χ4v) is 4.70. The summed E-state index contributed by atoms with van der Waals surface area (Å²) < 4.78 is 7.63. The molecule has 7 heteroatoms. The van der Waals surface area contributed by atoms with Crippen LogP contribution in [0, 0.1) is 0 Å². The number of benzene rings is 3. The molecule has 3 aromatic carbocycles. The third-order valence-corrected chi connectivity index (χ3v) is 6.77. The minimum absolute atomic E-state index is 0.207. The van der Waals surface area contributed by atoms with Crippen LogP contribution in [0.2, 0.25) is 5.02 Å². The zero-order valence-electron chi connectivity index (χ0n) is 20.0. The summed E-state index contributed by atoms with van der Waals surface area (Å²) in [6.45, 7) is 2.38. The number of fused-ring (bicyclic) bond motifs is 1. The second kappa shape index (κ2) is 10.6. The Kier molecular flexibility index (Phi) is 7.07. The van der Waals surface area contributed by atoms with Crippen LogP contribution in [0.25, 0.3) is 16.5 Å². The van der Waals surface area contributed by atoms with Gasteiger partial charge in [0.25, 0.3) is 5.56 Å². The molecule has 0 spiro atoms. The van der Waals surface area contributed by atoms with Crippen molar-refractivity contribution in [2.75, 3.05) is 0 Å². The number of rotatable bonds is 8. The molecule has 4 aromatic rings. The highest BCUT2D eigenvalue weighted by Gasteiger charge is 2.26. The van der Waals surface area contributed by atoms with Crippen LogP contribution in [-0.4, -0.2) is 16.7 Å². The van der Waals surface area contributed by atoms with E-state index in [-0.39, 0.29) is 11.6 Å². The zero-order valence-corrected chi connectivity index (χ0v) is 20.8. The molecule has 184 valence electrons. The van der Waals surface area contributed by atoms with Crippen molar-refractivity contribution in [1.82, 2.24) is 15.2 Å². The highest BCUT2D eigenvalue weighted by atomic mass is 35.5. The molecule has 6 nitrogen and oxygen atoms in total. The number of aromatic nitrogens is 1. The first-order valence-corrected chi connectivity index (χ1v) is 12.6. The van der Waals surface area contributed by atoms with Gasteiger partial charge in [0.2, 0.25) is 0 Å². The van der Waals surface area contributed by atoms with E-state index >= 15 is 0 Å². The van der Waals surface area contributed by atoms with Gasteiger partial charge in [-0.25, -0.2) is 4.79 Å². The average molecular weight is 502 g/mol. The highest BCUT2D eigenvalue weighted by Crippen LogP contribution is 2.34. The molecule has 0 unspecified atom stereocenters. The Bertz CT molecular complexity index is 1430. The molecular formula is C29H28ClN3O3. The van der Waals surface area contributed by atoms with Crippen molar-refractivity contribution in [3.05, 3.63) is 105 Å². The van der Waals surface area contributed by atoms with Crippen molar-refractivity contribution >= 4 is 28.5 Å². The lowest BCUT2D eigenvalue weighted by Gasteiger charge is -2.22. The van der Waals surface area contributed by atoms with Gasteiger partial charge in [0.15, 0.2) is 5.75 Å². The quantitative estimate of drug-likeness (QED) is 0.304. The Morgan fingerprint density at radius 1 is 1.03 bits per heavy atom. The van der Waals surface area contributed by atoms with E-state index in [2.05, 4.69) is 10.6 Å². The van der Waals surface area contributed by atoms with Crippen LogP contribution in [0.15, 0.2) is 83.7 Å². The first-order valence-electron chi connectivity index (χ1n) is 12.2. The summed E-state index contributed by atoms with van der Waals surface area (Å²) in [7, 11) is 0. The first-order chi connectivity index (χ1) is 17.6. The topological polar surface area (TPSA) is 72.4 Å². The van der Waals surface area contributed by atoms with Crippen molar-refractivity contribution in [3.63, 3.8) is 0 Å². The van der Waals surface area contributed by atoms with E-state index in [1.165, 1.54) is 0 Å². The number of ether oxygens (including phenoxy) is 1. The number of amides is 1. The van der Waals surface area contributed by atoms with Gasteiger partial charge in [-0.15, -0.1) is 0 Å². The Hall–Kier alpha value is -3.61. The van der Waals surface area contributed by atoms with Crippen LogP contribution in [-0.2, 0) is 6.54 Å². The Morgan fingerprint density at radius 3 is 2.39 bits per heavy atom. The van der Waals surface area contributed by atoms with Crippen LogP contribution < -0.4 is 20.9 Å². The van der Waals surface area contributed by atoms with Crippen molar-refractivity contribution < 1.29 is 9.53 Å². The molecular weight excluding hydrogens is 474 g/mol. The second-order valence-corrected chi connectivity index (χ2v) is 9.38. The van der Waals surface area contributed by atoms with E-state index in [0.29, 0.717) is 51.9 Å². The number of para-hydroxylation sites is 1. The molecule has 1 aliphatic rings. The maximum Gasteiger partial charge on any atom is 0.413 e. The minimum Gasteiger partial charge on any atom is -0.408 e. The molecule has 0 aliphatic heterocycles. The molecule has 1 saturated carbocycles. The largest absolute Gasteiger partial charge is 0.413 e. The van der Waals surface area contributed by atoms with Crippen molar-refractivity contribution in [2.45, 2.75) is 44.8 Å². The Morgan fingerprint density at radius 2 is 1.72 bits per heavy atom. The number of nitrogens with one attached hydrogen (secondary N) is 2. The summed E-state index contributed by atoms with van der Waals surface area (Å²) in [4.78, 5) is 27.0. The lowest BCUT2D eigenvalue weighted by atomic mass is 10.1. The lowest BCUT2D eigenvalue weighted by molar-refractivity contribution is 0.195. The first kappa shape index (κ1) is 24.1. The van der Waals surface area contributed by atoms with Crippen LogP contribution >= 0.6 is 11.6 Å². The normalized spacial score (nSPS) is 13.9. The standard InChI is InChI=1S/C29H28ClN3O3/c1-2-24(19-10-5-3-6-11-19)32-29(35)36-27-22-14-9-15-23(30)26(22)28(34)33(21-12-7-4-8-13-21)25(27)18-31-20-16-17-20/h3-15,20,24,31H,2,16-18H2,1H3,(H,32,35)/t24-/m0/s1. The summed E-state index contributed by atoms with van der Waals surface area (Å²) in [5, 5.41) is 7.60. The van der Waals surface area contributed by atoms with Crippen LogP contribution in [0.3, 0.4) is 0 Å². The van der Waals surface area contributed by atoms with Crippen LogP contribution in [0.1, 0.15) is 43.5 Å².